The molecule has 1 aliphatic heterocycles. The molecule has 0 amide bonds. The largest absolute Gasteiger partial charge is 0.454 e. The number of halogens is 1. The van der Waals surface area contributed by atoms with Crippen LogP contribution in [-0.4, -0.2) is 28.5 Å². The van der Waals surface area contributed by atoms with Gasteiger partial charge in [-0.25, -0.2) is 0 Å². The number of nitrogens with zero attached hydrogens (tertiary/aromatic N) is 3. The van der Waals surface area contributed by atoms with Crippen LogP contribution in [-0.2, 0) is 6.42 Å². The van der Waals surface area contributed by atoms with Crippen LogP contribution in [0.4, 0.5) is 17.5 Å². The second-order valence-corrected chi connectivity index (χ2v) is 6.10. The summed E-state index contributed by atoms with van der Waals surface area (Å²) in [6, 6.07) is 13.3. The highest BCUT2D eigenvalue weighted by atomic mass is 35.5. The summed E-state index contributed by atoms with van der Waals surface area (Å²) in [5.41, 5.74) is 2.00. The molecule has 0 saturated carbocycles. The first-order valence-corrected chi connectivity index (χ1v) is 8.49. The van der Waals surface area contributed by atoms with E-state index in [-0.39, 0.29) is 6.79 Å². The first-order chi connectivity index (χ1) is 12.8. The second kappa shape index (κ2) is 7.45. The quantitative estimate of drug-likeness (QED) is 0.686. The Balaban J connectivity index is 1.36. The van der Waals surface area contributed by atoms with Gasteiger partial charge in [0.05, 0.1) is 6.20 Å². The Labute approximate surface area is 155 Å². The minimum Gasteiger partial charge on any atom is -0.454 e. The molecule has 2 heterocycles. The van der Waals surface area contributed by atoms with E-state index in [9.17, 15) is 0 Å². The van der Waals surface area contributed by atoms with E-state index in [1.54, 1.807) is 6.20 Å². The Hall–Kier alpha value is -3.06. The maximum absolute atomic E-state index is 5.89. The second-order valence-electron chi connectivity index (χ2n) is 5.66. The number of hydrogen-bond donors (Lipinski definition) is 2. The van der Waals surface area contributed by atoms with Crippen molar-refractivity contribution in [2.24, 2.45) is 0 Å². The van der Waals surface area contributed by atoms with E-state index in [0.717, 1.165) is 29.4 Å². The average Bonchev–Trinajstić information content (AvgIpc) is 3.12. The molecule has 26 heavy (non-hydrogen) atoms. The van der Waals surface area contributed by atoms with Gasteiger partial charge in [-0.15, -0.1) is 5.10 Å². The lowest BCUT2D eigenvalue weighted by molar-refractivity contribution is 0.174. The molecule has 2 N–H and O–H groups in total. The van der Waals surface area contributed by atoms with E-state index >= 15 is 0 Å². The van der Waals surface area contributed by atoms with Gasteiger partial charge in [0.15, 0.2) is 17.3 Å². The Morgan fingerprint density at radius 2 is 1.88 bits per heavy atom. The van der Waals surface area contributed by atoms with Gasteiger partial charge in [0, 0.05) is 23.3 Å². The van der Waals surface area contributed by atoms with Crippen molar-refractivity contribution in [1.82, 2.24) is 15.2 Å². The minimum absolute atomic E-state index is 0.240. The lowest BCUT2D eigenvalue weighted by Gasteiger charge is -2.08. The summed E-state index contributed by atoms with van der Waals surface area (Å²) in [5.74, 6) is 2.48. The molecule has 0 fully saturated rings. The third-order valence-electron chi connectivity index (χ3n) is 3.82. The van der Waals surface area contributed by atoms with E-state index in [1.807, 2.05) is 42.5 Å². The maximum Gasteiger partial charge on any atom is 0.249 e. The third kappa shape index (κ3) is 3.94. The monoisotopic (exact) mass is 369 g/mol. The molecule has 8 heteroatoms. The van der Waals surface area contributed by atoms with Crippen molar-refractivity contribution in [3.8, 4) is 11.5 Å². The molecule has 1 aliphatic rings. The van der Waals surface area contributed by atoms with Crippen LogP contribution in [0.3, 0.4) is 0 Å². The van der Waals surface area contributed by atoms with Crippen molar-refractivity contribution in [3.05, 3.63) is 59.2 Å². The smallest absolute Gasteiger partial charge is 0.249 e. The van der Waals surface area contributed by atoms with Gasteiger partial charge < -0.3 is 20.1 Å². The van der Waals surface area contributed by atoms with Crippen LogP contribution in [0.1, 0.15) is 5.56 Å². The van der Waals surface area contributed by atoms with Crippen molar-refractivity contribution in [2.75, 3.05) is 24.0 Å². The molecule has 132 valence electrons. The van der Waals surface area contributed by atoms with Gasteiger partial charge >= 0.3 is 0 Å². The van der Waals surface area contributed by atoms with Gasteiger partial charge in [-0.05, 0) is 36.2 Å². The van der Waals surface area contributed by atoms with Crippen LogP contribution in [0.15, 0.2) is 48.7 Å². The first-order valence-electron chi connectivity index (χ1n) is 8.11. The number of aromatic nitrogens is 3. The lowest BCUT2D eigenvalue weighted by atomic mass is 10.1. The Morgan fingerprint density at radius 3 is 2.77 bits per heavy atom. The highest BCUT2D eigenvalue weighted by Gasteiger charge is 2.13. The standard InChI is InChI=1S/C18H16ClN5O2/c19-13-3-1-12(2-4-13)7-8-20-17-10-21-24-18(23-17)22-14-5-6-15-16(9-14)26-11-25-15/h1-6,9-10H,7-8,11H2,(H2,20,22,23,24). The summed E-state index contributed by atoms with van der Waals surface area (Å²) in [6.07, 6.45) is 2.44. The van der Waals surface area contributed by atoms with Crippen LogP contribution in [0.2, 0.25) is 5.02 Å². The summed E-state index contributed by atoms with van der Waals surface area (Å²) in [5, 5.41) is 15.1. The number of ether oxygens (including phenoxy) is 2. The van der Waals surface area contributed by atoms with Crippen LogP contribution < -0.4 is 20.1 Å². The Bertz CT molecular complexity index is 904. The summed E-state index contributed by atoms with van der Waals surface area (Å²) < 4.78 is 10.7. The molecule has 3 aromatic rings. The summed E-state index contributed by atoms with van der Waals surface area (Å²) in [7, 11) is 0. The number of benzene rings is 2. The molecule has 0 aliphatic carbocycles. The van der Waals surface area contributed by atoms with Gasteiger partial charge in [0.1, 0.15) is 0 Å². The van der Waals surface area contributed by atoms with Crippen LogP contribution in [0.5, 0.6) is 11.5 Å². The number of hydrogen-bond acceptors (Lipinski definition) is 7. The predicted molar refractivity (Wildman–Crippen MR) is 99.3 cm³/mol. The van der Waals surface area contributed by atoms with E-state index in [1.165, 1.54) is 5.56 Å². The number of rotatable bonds is 6. The highest BCUT2D eigenvalue weighted by molar-refractivity contribution is 6.30. The molecule has 1 aromatic heterocycles. The zero-order valence-corrected chi connectivity index (χ0v) is 14.5. The summed E-state index contributed by atoms with van der Waals surface area (Å²) in [6.45, 7) is 0.966. The van der Waals surface area contributed by atoms with E-state index < -0.39 is 0 Å². The molecule has 0 spiro atoms. The molecule has 0 saturated heterocycles. The molecule has 7 nitrogen and oxygen atoms in total. The fraction of sp³-hybridized carbons (Fsp3) is 0.167. The first kappa shape index (κ1) is 16.4. The molecule has 0 bridgehead atoms. The average molecular weight is 370 g/mol. The Morgan fingerprint density at radius 1 is 1.04 bits per heavy atom. The molecule has 0 radical (unpaired) electrons. The van der Waals surface area contributed by atoms with Crippen molar-refractivity contribution in [3.63, 3.8) is 0 Å². The maximum atomic E-state index is 5.89. The van der Waals surface area contributed by atoms with Crippen LogP contribution in [0.25, 0.3) is 0 Å². The van der Waals surface area contributed by atoms with Gasteiger partial charge in [0.25, 0.3) is 0 Å². The molecular weight excluding hydrogens is 354 g/mol. The molecule has 4 rings (SSSR count). The molecule has 0 unspecified atom stereocenters. The lowest BCUT2D eigenvalue weighted by Crippen LogP contribution is -2.08. The van der Waals surface area contributed by atoms with E-state index in [0.29, 0.717) is 17.5 Å². The minimum atomic E-state index is 0.240. The van der Waals surface area contributed by atoms with E-state index in [4.69, 9.17) is 21.1 Å². The van der Waals surface area contributed by atoms with Crippen LogP contribution in [0, 0.1) is 0 Å². The topological polar surface area (TPSA) is 81.2 Å². The predicted octanol–water partition coefficient (Wildman–Crippen LogP) is 3.65. The summed E-state index contributed by atoms with van der Waals surface area (Å²) in [4.78, 5) is 4.42. The molecular formula is C18H16ClN5O2. The normalized spacial score (nSPS) is 12.0. The van der Waals surface area contributed by atoms with Crippen LogP contribution >= 0.6 is 11.6 Å². The zero-order valence-electron chi connectivity index (χ0n) is 13.8. The molecule has 2 aromatic carbocycles. The van der Waals surface area contributed by atoms with E-state index in [2.05, 4.69) is 25.8 Å². The number of nitrogens with one attached hydrogen (secondary N) is 2. The number of anilines is 3. The number of fused-ring (bicyclic) bond motifs is 1. The highest BCUT2D eigenvalue weighted by Crippen LogP contribution is 2.34. The fourth-order valence-electron chi connectivity index (χ4n) is 2.53. The Kier molecular flexibility index (Phi) is 4.70. The molecule has 0 atom stereocenters. The van der Waals surface area contributed by atoms with Crippen molar-refractivity contribution >= 4 is 29.1 Å². The van der Waals surface area contributed by atoms with Gasteiger partial charge in [-0.2, -0.15) is 10.1 Å². The van der Waals surface area contributed by atoms with Gasteiger partial charge in [-0.1, -0.05) is 23.7 Å². The van der Waals surface area contributed by atoms with Crippen molar-refractivity contribution < 1.29 is 9.47 Å². The van der Waals surface area contributed by atoms with Gasteiger partial charge in [0.2, 0.25) is 12.7 Å². The van der Waals surface area contributed by atoms with Crippen molar-refractivity contribution in [2.45, 2.75) is 6.42 Å². The van der Waals surface area contributed by atoms with Crippen molar-refractivity contribution in [1.29, 1.82) is 0 Å². The fourth-order valence-corrected chi connectivity index (χ4v) is 2.66. The summed E-state index contributed by atoms with van der Waals surface area (Å²) >= 11 is 5.89. The van der Waals surface area contributed by atoms with Gasteiger partial charge in [-0.3, -0.25) is 0 Å². The SMILES string of the molecule is Clc1ccc(CCNc2cnnc(Nc3ccc4c(c3)OCO4)n2)cc1. The zero-order chi connectivity index (χ0) is 17.8. The third-order valence-corrected chi connectivity index (χ3v) is 4.07.